The number of hydrogen-bond acceptors (Lipinski definition) is 8. The van der Waals surface area contributed by atoms with Gasteiger partial charge in [-0.2, -0.15) is 0 Å². The van der Waals surface area contributed by atoms with E-state index in [0.717, 1.165) is 51.4 Å². The number of aliphatic hydroxyl groups is 5. The van der Waals surface area contributed by atoms with Gasteiger partial charge in [-0.1, -0.05) is 134 Å². The number of amides is 1. The summed E-state index contributed by atoms with van der Waals surface area (Å²) in [7, 11) is 0. The van der Waals surface area contributed by atoms with E-state index < -0.39 is 49.5 Å². The molecule has 0 aromatic rings. The first-order valence-corrected chi connectivity index (χ1v) is 18.6. The molecule has 1 aliphatic heterocycles. The Labute approximate surface area is 279 Å². The third kappa shape index (κ3) is 20.1. The van der Waals surface area contributed by atoms with Gasteiger partial charge >= 0.3 is 0 Å². The summed E-state index contributed by atoms with van der Waals surface area (Å²) in [6, 6.07) is -0.812. The summed E-state index contributed by atoms with van der Waals surface area (Å²) in [4.78, 5) is 12.7. The molecule has 0 spiro atoms. The number of allylic oxidation sites excluding steroid dienone is 3. The molecule has 1 amide bonds. The van der Waals surface area contributed by atoms with Crippen LogP contribution in [0.1, 0.15) is 149 Å². The molecule has 0 saturated carbocycles. The van der Waals surface area contributed by atoms with Crippen LogP contribution in [0.4, 0.5) is 0 Å². The van der Waals surface area contributed by atoms with Crippen molar-refractivity contribution in [3.05, 3.63) is 24.3 Å². The lowest BCUT2D eigenvalue weighted by Gasteiger charge is -2.40. The molecule has 46 heavy (non-hydrogen) atoms. The van der Waals surface area contributed by atoms with E-state index in [1.165, 1.54) is 77.0 Å². The van der Waals surface area contributed by atoms with Crippen LogP contribution in [0.15, 0.2) is 24.3 Å². The van der Waals surface area contributed by atoms with E-state index in [9.17, 15) is 30.3 Å². The summed E-state index contributed by atoms with van der Waals surface area (Å²) in [5.74, 6) is -0.198. The maximum atomic E-state index is 12.7. The highest BCUT2D eigenvalue weighted by Gasteiger charge is 2.44. The minimum atomic E-state index is -1.57. The highest BCUT2D eigenvalue weighted by atomic mass is 16.7. The molecule has 7 atom stereocenters. The number of hydrogen-bond donors (Lipinski definition) is 6. The largest absolute Gasteiger partial charge is 0.394 e. The van der Waals surface area contributed by atoms with E-state index in [-0.39, 0.29) is 12.5 Å². The predicted molar refractivity (Wildman–Crippen MR) is 184 cm³/mol. The highest BCUT2D eigenvalue weighted by Crippen LogP contribution is 2.22. The fourth-order valence-electron chi connectivity index (χ4n) is 5.70. The summed E-state index contributed by atoms with van der Waals surface area (Å²) in [5.41, 5.74) is 0. The van der Waals surface area contributed by atoms with E-state index in [2.05, 4.69) is 31.3 Å². The number of carbonyl (C=O) groups excluding carboxylic acids is 1. The van der Waals surface area contributed by atoms with Crippen molar-refractivity contribution >= 4 is 5.91 Å². The van der Waals surface area contributed by atoms with Gasteiger partial charge in [-0.15, -0.1) is 0 Å². The van der Waals surface area contributed by atoms with Gasteiger partial charge in [0.05, 0.1) is 25.4 Å². The SMILES string of the molecule is CCCCCCCCCCCCC/C=C/CC/C=C/C(O)C(COC1OC(CO)C(O)C(O)C1O)NC(=O)CCCCCCCC. The molecular formula is C37H69NO8. The Morgan fingerprint density at radius 2 is 1.24 bits per heavy atom. The molecular weight excluding hydrogens is 586 g/mol. The average molecular weight is 656 g/mol. The molecule has 0 bridgehead atoms. The van der Waals surface area contributed by atoms with Crippen LogP contribution in [0.3, 0.4) is 0 Å². The van der Waals surface area contributed by atoms with E-state index in [4.69, 9.17) is 9.47 Å². The fraction of sp³-hybridized carbons (Fsp3) is 0.865. The molecule has 1 heterocycles. The van der Waals surface area contributed by atoms with Crippen LogP contribution in [0.2, 0.25) is 0 Å². The topological polar surface area (TPSA) is 149 Å². The minimum absolute atomic E-state index is 0.198. The van der Waals surface area contributed by atoms with Crippen molar-refractivity contribution in [3.63, 3.8) is 0 Å². The lowest BCUT2D eigenvalue weighted by atomic mass is 9.99. The van der Waals surface area contributed by atoms with Crippen LogP contribution >= 0.6 is 0 Å². The molecule has 1 rings (SSSR count). The van der Waals surface area contributed by atoms with Gasteiger partial charge in [-0.25, -0.2) is 0 Å². The molecule has 0 radical (unpaired) electrons. The molecule has 1 saturated heterocycles. The Morgan fingerprint density at radius 1 is 0.717 bits per heavy atom. The third-order valence-electron chi connectivity index (χ3n) is 8.78. The van der Waals surface area contributed by atoms with Crippen LogP contribution < -0.4 is 5.32 Å². The first kappa shape index (κ1) is 42.7. The van der Waals surface area contributed by atoms with Crippen molar-refractivity contribution < 1.29 is 39.8 Å². The van der Waals surface area contributed by atoms with Gasteiger partial charge in [-0.05, 0) is 32.1 Å². The summed E-state index contributed by atoms with van der Waals surface area (Å²) >= 11 is 0. The van der Waals surface area contributed by atoms with Crippen LogP contribution in [0.25, 0.3) is 0 Å². The molecule has 1 aliphatic rings. The van der Waals surface area contributed by atoms with Gasteiger partial charge in [0.1, 0.15) is 24.4 Å². The first-order chi connectivity index (χ1) is 22.3. The van der Waals surface area contributed by atoms with Gasteiger partial charge in [0.25, 0.3) is 0 Å². The molecule has 0 aromatic heterocycles. The summed E-state index contributed by atoms with van der Waals surface area (Å²) < 4.78 is 11.1. The van der Waals surface area contributed by atoms with Gasteiger partial charge in [0.15, 0.2) is 6.29 Å². The number of aliphatic hydroxyl groups excluding tert-OH is 5. The summed E-state index contributed by atoms with van der Waals surface area (Å²) in [5, 5.41) is 53.6. The number of nitrogens with one attached hydrogen (secondary N) is 1. The zero-order valence-electron chi connectivity index (χ0n) is 29.1. The van der Waals surface area contributed by atoms with E-state index in [0.29, 0.717) is 6.42 Å². The minimum Gasteiger partial charge on any atom is -0.394 e. The van der Waals surface area contributed by atoms with Crippen molar-refractivity contribution in [2.45, 2.75) is 192 Å². The summed E-state index contributed by atoms with van der Waals surface area (Å²) in [6.07, 6.45) is 24.0. The van der Waals surface area contributed by atoms with E-state index in [1.807, 2.05) is 6.08 Å². The number of carbonyl (C=O) groups is 1. The molecule has 7 unspecified atom stereocenters. The Hall–Kier alpha value is -1.33. The van der Waals surface area contributed by atoms with Crippen molar-refractivity contribution in [2.75, 3.05) is 13.2 Å². The Morgan fingerprint density at radius 3 is 1.83 bits per heavy atom. The Balaban J connectivity index is 2.43. The Bertz CT molecular complexity index is 776. The van der Waals surface area contributed by atoms with Gasteiger partial charge in [0, 0.05) is 6.42 Å². The maximum Gasteiger partial charge on any atom is 0.220 e. The number of ether oxygens (including phenoxy) is 2. The van der Waals surface area contributed by atoms with Crippen molar-refractivity contribution in [2.24, 2.45) is 0 Å². The van der Waals surface area contributed by atoms with Crippen molar-refractivity contribution in [1.82, 2.24) is 5.32 Å². The summed E-state index contributed by atoms with van der Waals surface area (Å²) in [6.45, 7) is 3.66. The van der Waals surface area contributed by atoms with Gasteiger partial charge in [0.2, 0.25) is 5.91 Å². The Kier molecular flexibility index (Phi) is 26.6. The standard InChI is InChI=1S/C37H69NO8/c1-3-5-7-9-11-12-13-14-15-16-17-18-19-20-21-22-24-26-31(40)30(38-33(41)27-25-23-10-8-6-4-2)29-45-37-36(44)35(43)34(42)32(28-39)46-37/h19-20,24,26,30-32,34-37,39-40,42-44H,3-18,21-23,25,27-29H2,1-2H3,(H,38,41)/b20-19+,26-24+. The van der Waals surface area contributed by atoms with Crippen molar-refractivity contribution in [1.29, 1.82) is 0 Å². The van der Waals surface area contributed by atoms with Crippen LogP contribution in [-0.2, 0) is 14.3 Å². The lowest BCUT2D eigenvalue weighted by molar-refractivity contribution is -0.302. The highest BCUT2D eigenvalue weighted by molar-refractivity contribution is 5.76. The van der Waals surface area contributed by atoms with Gasteiger partial charge < -0.3 is 40.3 Å². The van der Waals surface area contributed by atoms with Crippen LogP contribution in [-0.4, -0.2) is 87.5 Å². The molecule has 270 valence electrons. The van der Waals surface area contributed by atoms with Crippen molar-refractivity contribution in [3.8, 4) is 0 Å². The second-order valence-corrected chi connectivity index (χ2v) is 13.0. The molecule has 0 aliphatic carbocycles. The molecule has 6 N–H and O–H groups in total. The first-order valence-electron chi connectivity index (χ1n) is 18.6. The van der Waals surface area contributed by atoms with Crippen LogP contribution in [0, 0.1) is 0 Å². The second-order valence-electron chi connectivity index (χ2n) is 13.0. The van der Waals surface area contributed by atoms with E-state index >= 15 is 0 Å². The fourth-order valence-corrected chi connectivity index (χ4v) is 5.70. The monoisotopic (exact) mass is 656 g/mol. The maximum absolute atomic E-state index is 12.7. The zero-order valence-corrected chi connectivity index (χ0v) is 29.1. The number of rotatable bonds is 29. The molecule has 9 heteroatoms. The lowest BCUT2D eigenvalue weighted by Crippen LogP contribution is -2.60. The third-order valence-corrected chi connectivity index (χ3v) is 8.78. The molecule has 0 aromatic carbocycles. The number of unbranched alkanes of at least 4 members (excludes halogenated alkanes) is 17. The van der Waals surface area contributed by atoms with Gasteiger partial charge in [-0.3, -0.25) is 4.79 Å². The smallest absolute Gasteiger partial charge is 0.220 e. The quantitative estimate of drug-likeness (QED) is 0.0425. The predicted octanol–water partition coefficient (Wildman–Crippen LogP) is 5.99. The van der Waals surface area contributed by atoms with E-state index in [1.54, 1.807) is 6.08 Å². The second kappa shape index (κ2) is 28.7. The zero-order chi connectivity index (χ0) is 33.8. The normalized spacial score (nSPS) is 23.3. The molecule has 9 nitrogen and oxygen atoms in total. The van der Waals surface area contributed by atoms with Crippen LogP contribution in [0.5, 0.6) is 0 Å². The average Bonchev–Trinajstić information content (AvgIpc) is 3.05. The molecule has 1 fully saturated rings.